The summed E-state index contributed by atoms with van der Waals surface area (Å²) >= 11 is 0. The fourth-order valence-electron chi connectivity index (χ4n) is 1.91. The molecule has 0 saturated carbocycles. The zero-order valence-electron chi connectivity index (χ0n) is 14.4. The van der Waals surface area contributed by atoms with Gasteiger partial charge in [0.25, 0.3) is 0 Å². The molecule has 1 aromatic heterocycles. The molecule has 5 nitrogen and oxygen atoms in total. The summed E-state index contributed by atoms with van der Waals surface area (Å²) in [7, 11) is 0. The van der Waals surface area contributed by atoms with Gasteiger partial charge < -0.3 is 15.4 Å². The molecule has 0 aliphatic carbocycles. The predicted molar refractivity (Wildman–Crippen MR) is 88.9 cm³/mol. The molecule has 1 aromatic rings. The van der Waals surface area contributed by atoms with E-state index in [0.29, 0.717) is 6.54 Å². The first-order chi connectivity index (χ1) is 10.3. The number of hydrogen-bond acceptors (Lipinski definition) is 4. The molecule has 1 unspecified atom stereocenters. The number of nitrogens with zero attached hydrogens (tertiary/aromatic N) is 1. The summed E-state index contributed by atoms with van der Waals surface area (Å²) < 4.78 is 5.18. The molecule has 1 rings (SSSR count). The highest BCUT2D eigenvalue weighted by atomic mass is 16.6. The maximum Gasteiger partial charge on any atom is 0.407 e. The number of aromatic nitrogens is 1. The third kappa shape index (κ3) is 7.98. The van der Waals surface area contributed by atoms with Gasteiger partial charge in [0.1, 0.15) is 5.60 Å². The number of unbranched alkanes of at least 4 members (excludes halogenated alkanes) is 1. The molecular weight excluding hydrogens is 278 g/mol. The number of nitrogens with one attached hydrogen (secondary N) is 2. The molecule has 1 atom stereocenters. The molecule has 0 fully saturated rings. The van der Waals surface area contributed by atoms with Crippen LogP contribution in [-0.4, -0.2) is 29.8 Å². The van der Waals surface area contributed by atoms with E-state index in [2.05, 4.69) is 34.7 Å². The Morgan fingerprint density at radius 3 is 2.55 bits per heavy atom. The van der Waals surface area contributed by atoms with Crippen LogP contribution in [0.1, 0.15) is 57.8 Å². The van der Waals surface area contributed by atoms with Crippen LogP contribution in [0.15, 0.2) is 18.3 Å². The summed E-state index contributed by atoms with van der Waals surface area (Å²) in [6.45, 7) is 11.2. The van der Waals surface area contributed by atoms with E-state index in [0.717, 1.165) is 25.1 Å². The van der Waals surface area contributed by atoms with Gasteiger partial charge in [-0.15, -0.1) is 0 Å². The number of carbonyl (C=O) groups is 1. The van der Waals surface area contributed by atoms with Gasteiger partial charge >= 0.3 is 6.09 Å². The summed E-state index contributed by atoms with van der Waals surface area (Å²) in [5.41, 5.74) is 1.78. The molecule has 0 spiro atoms. The van der Waals surface area contributed by atoms with Gasteiger partial charge in [-0.2, -0.15) is 0 Å². The van der Waals surface area contributed by atoms with E-state index in [1.165, 1.54) is 5.56 Å². The van der Waals surface area contributed by atoms with Crippen LogP contribution in [0.2, 0.25) is 0 Å². The molecular formula is C17H29N3O2. The molecule has 0 aromatic carbocycles. The minimum absolute atomic E-state index is 0.236. The second-order valence-electron chi connectivity index (χ2n) is 6.57. The van der Waals surface area contributed by atoms with Crippen LogP contribution in [0.25, 0.3) is 0 Å². The highest BCUT2D eigenvalue weighted by Gasteiger charge is 2.15. The van der Waals surface area contributed by atoms with Gasteiger partial charge in [0.2, 0.25) is 0 Å². The monoisotopic (exact) mass is 307 g/mol. The van der Waals surface area contributed by atoms with Crippen LogP contribution in [0.3, 0.4) is 0 Å². The van der Waals surface area contributed by atoms with Gasteiger partial charge in [-0.3, -0.25) is 4.98 Å². The van der Waals surface area contributed by atoms with E-state index in [9.17, 15) is 4.79 Å². The van der Waals surface area contributed by atoms with Crippen molar-refractivity contribution < 1.29 is 9.53 Å². The smallest absolute Gasteiger partial charge is 0.407 e. The number of ether oxygens (including phenoxy) is 1. The van der Waals surface area contributed by atoms with Crippen molar-refractivity contribution in [1.29, 1.82) is 0 Å². The number of carbonyl (C=O) groups excluding carboxylic acids is 1. The molecule has 1 heterocycles. The highest BCUT2D eigenvalue weighted by Crippen LogP contribution is 2.09. The average molecular weight is 307 g/mol. The lowest BCUT2D eigenvalue weighted by molar-refractivity contribution is 0.0527. The molecule has 22 heavy (non-hydrogen) atoms. The summed E-state index contributed by atoms with van der Waals surface area (Å²) in [4.78, 5) is 15.9. The van der Waals surface area contributed by atoms with Crippen LogP contribution < -0.4 is 10.6 Å². The quantitative estimate of drug-likeness (QED) is 0.758. The van der Waals surface area contributed by atoms with Gasteiger partial charge in [0.05, 0.1) is 5.69 Å². The van der Waals surface area contributed by atoms with Gasteiger partial charge in [0, 0.05) is 18.8 Å². The van der Waals surface area contributed by atoms with Crippen molar-refractivity contribution in [3.8, 4) is 0 Å². The molecule has 0 saturated heterocycles. The van der Waals surface area contributed by atoms with E-state index in [1.807, 2.05) is 33.9 Å². The SMILES string of the molecule is Cc1ccc(C(C)NCCCCNC(=O)OC(C)(C)C)nc1. The van der Waals surface area contributed by atoms with Crippen molar-refractivity contribution in [3.05, 3.63) is 29.6 Å². The lowest BCUT2D eigenvalue weighted by Crippen LogP contribution is -2.33. The second kappa shape index (κ2) is 8.73. The summed E-state index contributed by atoms with van der Waals surface area (Å²) in [5.74, 6) is 0. The van der Waals surface area contributed by atoms with Crippen molar-refractivity contribution in [2.24, 2.45) is 0 Å². The summed E-state index contributed by atoms with van der Waals surface area (Å²) in [6.07, 6.45) is 3.45. The number of aryl methyl sites for hydroxylation is 1. The normalized spacial score (nSPS) is 12.8. The topological polar surface area (TPSA) is 63.2 Å². The summed E-state index contributed by atoms with van der Waals surface area (Å²) in [6, 6.07) is 4.36. The fourth-order valence-corrected chi connectivity index (χ4v) is 1.91. The Bertz CT molecular complexity index is 452. The van der Waals surface area contributed by atoms with Crippen LogP contribution >= 0.6 is 0 Å². The Morgan fingerprint density at radius 1 is 1.27 bits per heavy atom. The number of alkyl carbamates (subject to hydrolysis) is 1. The Balaban J connectivity index is 2.10. The van der Waals surface area contributed by atoms with Crippen LogP contribution in [0.4, 0.5) is 4.79 Å². The van der Waals surface area contributed by atoms with Crippen molar-refractivity contribution in [1.82, 2.24) is 15.6 Å². The van der Waals surface area contributed by atoms with Crippen molar-refractivity contribution in [3.63, 3.8) is 0 Å². The zero-order chi connectivity index (χ0) is 16.6. The van der Waals surface area contributed by atoms with E-state index in [4.69, 9.17) is 4.74 Å². The Morgan fingerprint density at radius 2 is 1.95 bits per heavy atom. The number of hydrogen-bond donors (Lipinski definition) is 2. The standard InChI is InChI=1S/C17H29N3O2/c1-13-8-9-15(20-12-13)14(2)18-10-6-7-11-19-16(21)22-17(3,4)5/h8-9,12,14,18H,6-7,10-11H2,1-5H3,(H,19,21). The molecule has 2 N–H and O–H groups in total. The highest BCUT2D eigenvalue weighted by molar-refractivity contribution is 5.67. The fraction of sp³-hybridized carbons (Fsp3) is 0.647. The third-order valence-corrected chi connectivity index (χ3v) is 3.10. The Labute approximate surface area is 133 Å². The Hall–Kier alpha value is -1.62. The third-order valence-electron chi connectivity index (χ3n) is 3.10. The first-order valence-corrected chi connectivity index (χ1v) is 7.91. The van der Waals surface area contributed by atoms with Crippen molar-refractivity contribution >= 4 is 6.09 Å². The lowest BCUT2D eigenvalue weighted by atomic mass is 10.2. The maximum atomic E-state index is 11.5. The first kappa shape index (κ1) is 18.4. The van der Waals surface area contributed by atoms with Crippen LogP contribution in [0, 0.1) is 6.92 Å². The van der Waals surface area contributed by atoms with Gasteiger partial charge in [-0.05, 0) is 65.6 Å². The van der Waals surface area contributed by atoms with Crippen molar-refractivity contribution in [2.75, 3.05) is 13.1 Å². The van der Waals surface area contributed by atoms with E-state index < -0.39 is 5.60 Å². The number of pyridine rings is 1. The largest absolute Gasteiger partial charge is 0.444 e. The Kier molecular flexibility index (Phi) is 7.32. The minimum atomic E-state index is -0.442. The number of amides is 1. The lowest BCUT2D eigenvalue weighted by Gasteiger charge is -2.19. The average Bonchev–Trinajstić information content (AvgIpc) is 2.41. The van der Waals surface area contributed by atoms with Gasteiger partial charge in [-0.1, -0.05) is 6.07 Å². The van der Waals surface area contributed by atoms with Gasteiger partial charge in [0.15, 0.2) is 0 Å². The minimum Gasteiger partial charge on any atom is -0.444 e. The van der Waals surface area contributed by atoms with Crippen LogP contribution in [0.5, 0.6) is 0 Å². The van der Waals surface area contributed by atoms with Gasteiger partial charge in [-0.25, -0.2) is 4.79 Å². The zero-order valence-corrected chi connectivity index (χ0v) is 14.4. The number of rotatable bonds is 7. The molecule has 0 aliphatic heterocycles. The van der Waals surface area contributed by atoms with E-state index >= 15 is 0 Å². The molecule has 0 radical (unpaired) electrons. The second-order valence-corrected chi connectivity index (χ2v) is 6.57. The van der Waals surface area contributed by atoms with Crippen molar-refractivity contribution in [2.45, 2.75) is 59.1 Å². The molecule has 0 aliphatic rings. The molecule has 5 heteroatoms. The maximum absolute atomic E-state index is 11.5. The first-order valence-electron chi connectivity index (χ1n) is 7.91. The molecule has 1 amide bonds. The van der Waals surface area contributed by atoms with E-state index in [-0.39, 0.29) is 12.1 Å². The predicted octanol–water partition coefficient (Wildman–Crippen LogP) is 3.35. The summed E-state index contributed by atoms with van der Waals surface area (Å²) in [5, 5.41) is 6.20. The van der Waals surface area contributed by atoms with E-state index in [1.54, 1.807) is 0 Å². The van der Waals surface area contributed by atoms with Crippen LogP contribution in [-0.2, 0) is 4.74 Å². The molecule has 124 valence electrons. The molecule has 0 bridgehead atoms.